The van der Waals surface area contributed by atoms with Crippen molar-refractivity contribution >= 4 is 23.7 Å². The zero-order valence-corrected chi connectivity index (χ0v) is 10.4. The Kier molecular flexibility index (Phi) is 3.83. The maximum absolute atomic E-state index is 10.7. The molecule has 0 bridgehead atoms. The van der Waals surface area contributed by atoms with Crippen LogP contribution in [0.4, 0.5) is 0 Å². The largest absolute Gasteiger partial charge is 0.768 e. The Morgan fingerprint density at radius 2 is 1.41 bits per heavy atom. The molecule has 0 N–H and O–H groups in total. The van der Waals surface area contributed by atoms with Gasteiger partial charge >= 0.3 is 0 Å². The summed E-state index contributed by atoms with van der Waals surface area (Å²) in [4.78, 5) is 1.09. The van der Waals surface area contributed by atoms with Gasteiger partial charge in [-0.2, -0.15) is 0 Å². The van der Waals surface area contributed by atoms with Crippen LogP contribution >= 0.6 is 12.6 Å². The normalized spacial score (nSPS) is 12.1. The second kappa shape index (κ2) is 5.35. The number of hydrogen-bond donors (Lipinski definition) is 1. The molecule has 88 valence electrons. The van der Waals surface area contributed by atoms with Crippen molar-refractivity contribution in [2.45, 2.75) is 9.79 Å². The zero-order chi connectivity index (χ0) is 12.3. The first-order valence-electron chi connectivity index (χ1n) is 4.81. The molecule has 0 saturated carbocycles. The van der Waals surface area contributed by atoms with E-state index in [-0.39, 0.29) is 4.90 Å². The van der Waals surface area contributed by atoms with Gasteiger partial charge in [-0.05, 0) is 59.6 Å². The van der Waals surface area contributed by atoms with E-state index in [1.807, 2.05) is 12.1 Å². The smallest absolute Gasteiger partial charge is 0.127 e. The molecule has 1 unspecified atom stereocenters. The summed E-state index contributed by atoms with van der Waals surface area (Å²) in [6.45, 7) is 0. The van der Waals surface area contributed by atoms with Gasteiger partial charge in [-0.25, -0.2) is 0 Å². The quantitative estimate of drug-likeness (QED) is 0.685. The lowest BCUT2D eigenvalue weighted by atomic mass is 10.3. The van der Waals surface area contributed by atoms with E-state index < -0.39 is 11.1 Å². The van der Waals surface area contributed by atoms with Crippen molar-refractivity contribution in [2.75, 3.05) is 0 Å². The molecular formula is C12H9O3S2-. The molecule has 0 saturated heterocycles. The minimum absolute atomic E-state index is 0.239. The van der Waals surface area contributed by atoms with Crippen molar-refractivity contribution < 1.29 is 13.5 Å². The van der Waals surface area contributed by atoms with Crippen molar-refractivity contribution in [1.82, 2.24) is 0 Å². The molecule has 5 heteroatoms. The Morgan fingerprint density at radius 3 is 1.88 bits per heavy atom. The van der Waals surface area contributed by atoms with Gasteiger partial charge in [-0.3, -0.25) is 4.21 Å². The van der Waals surface area contributed by atoms with Gasteiger partial charge in [0.25, 0.3) is 0 Å². The van der Waals surface area contributed by atoms with E-state index >= 15 is 0 Å². The van der Waals surface area contributed by atoms with Crippen LogP contribution in [0.5, 0.6) is 11.5 Å². The first kappa shape index (κ1) is 12.2. The van der Waals surface area contributed by atoms with Crippen molar-refractivity contribution in [1.29, 1.82) is 0 Å². The van der Waals surface area contributed by atoms with Crippen LogP contribution in [0.2, 0.25) is 0 Å². The number of benzene rings is 2. The average molecular weight is 265 g/mol. The Bertz CT molecular complexity index is 520. The van der Waals surface area contributed by atoms with E-state index in [9.17, 15) is 8.76 Å². The molecule has 0 aromatic heterocycles. The highest BCUT2D eigenvalue weighted by Gasteiger charge is 1.98. The second-order valence-electron chi connectivity index (χ2n) is 3.30. The lowest BCUT2D eigenvalue weighted by molar-refractivity contribution is 0.481. The van der Waals surface area contributed by atoms with Crippen LogP contribution in [-0.4, -0.2) is 8.76 Å². The highest BCUT2D eigenvalue weighted by molar-refractivity contribution is 7.80. The second-order valence-corrected chi connectivity index (χ2v) is 4.76. The van der Waals surface area contributed by atoms with Gasteiger partial charge in [0.2, 0.25) is 0 Å². The van der Waals surface area contributed by atoms with Gasteiger partial charge in [0.15, 0.2) is 0 Å². The third kappa shape index (κ3) is 3.33. The van der Waals surface area contributed by atoms with Crippen LogP contribution in [0.25, 0.3) is 0 Å². The van der Waals surface area contributed by atoms with E-state index in [0.717, 1.165) is 4.90 Å². The summed E-state index contributed by atoms with van der Waals surface area (Å²) < 4.78 is 26.9. The number of hydrogen-bond acceptors (Lipinski definition) is 4. The fraction of sp³-hybridized carbons (Fsp3) is 0. The molecule has 0 heterocycles. The topological polar surface area (TPSA) is 49.4 Å². The number of ether oxygens (including phenoxy) is 1. The van der Waals surface area contributed by atoms with Gasteiger partial charge in [0, 0.05) is 9.79 Å². The van der Waals surface area contributed by atoms with Crippen molar-refractivity contribution in [3.05, 3.63) is 48.5 Å². The molecule has 0 fully saturated rings. The number of thiol groups is 1. The SMILES string of the molecule is O=S([O-])c1ccc(Oc2ccc(S)cc2)cc1. The van der Waals surface area contributed by atoms with Gasteiger partial charge in [-0.15, -0.1) is 12.6 Å². The Morgan fingerprint density at radius 1 is 0.941 bits per heavy atom. The first-order chi connectivity index (χ1) is 8.15. The van der Waals surface area contributed by atoms with Gasteiger partial charge in [-0.1, -0.05) is 0 Å². The van der Waals surface area contributed by atoms with E-state index in [0.29, 0.717) is 11.5 Å². The maximum atomic E-state index is 10.7. The van der Waals surface area contributed by atoms with E-state index in [1.165, 1.54) is 12.1 Å². The Labute approximate surface area is 107 Å². The first-order valence-corrected chi connectivity index (χ1v) is 6.33. The molecule has 0 aliphatic rings. The predicted molar refractivity (Wildman–Crippen MR) is 67.4 cm³/mol. The fourth-order valence-corrected chi connectivity index (χ4v) is 1.78. The monoisotopic (exact) mass is 265 g/mol. The molecule has 0 aliphatic carbocycles. The van der Waals surface area contributed by atoms with Crippen molar-refractivity contribution in [2.24, 2.45) is 0 Å². The van der Waals surface area contributed by atoms with Crippen LogP contribution < -0.4 is 4.74 Å². The summed E-state index contributed by atoms with van der Waals surface area (Å²) in [5.74, 6) is 1.27. The average Bonchev–Trinajstić information content (AvgIpc) is 2.33. The van der Waals surface area contributed by atoms with Gasteiger partial charge < -0.3 is 9.29 Å². The Hall–Kier alpha value is -1.30. The predicted octanol–water partition coefficient (Wildman–Crippen LogP) is 3.01. The van der Waals surface area contributed by atoms with E-state index in [2.05, 4.69) is 12.6 Å². The van der Waals surface area contributed by atoms with Crippen molar-refractivity contribution in [3.63, 3.8) is 0 Å². The third-order valence-corrected chi connectivity index (χ3v) is 3.04. The Balaban J connectivity index is 2.13. The molecule has 3 nitrogen and oxygen atoms in total. The van der Waals surface area contributed by atoms with Crippen LogP contribution in [-0.2, 0) is 11.1 Å². The molecule has 17 heavy (non-hydrogen) atoms. The maximum Gasteiger partial charge on any atom is 0.127 e. The highest BCUT2D eigenvalue weighted by atomic mass is 32.2. The lowest BCUT2D eigenvalue weighted by Gasteiger charge is -2.08. The fourth-order valence-electron chi connectivity index (χ4n) is 1.27. The minimum atomic E-state index is -2.20. The van der Waals surface area contributed by atoms with Crippen LogP contribution in [0.1, 0.15) is 0 Å². The molecule has 2 aromatic rings. The summed E-state index contributed by atoms with van der Waals surface area (Å²) >= 11 is 1.97. The van der Waals surface area contributed by atoms with Crippen LogP contribution in [0.15, 0.2) is 58.3 Å². The molecule has 1 atom stereocenters. The molecule has 2 aromatic carbocycles. The molecule has 0 spiro atoms. The molecule has 0 aliphatic heterocycles. The molecular weight excluding hydrogens is 256 g/mol. The summed E-state index contributed by atoms with van der Waals surface area (Å²) in [7, 11) is 0. The molecule has 0 radical (unpaired) electrons. The summed E-state index contributed by atoms with van der Waals surface area (Å²) in [5, 5.41) is 0. The van der Waals surface area contributed by atoms with E-state index in [1.54, 1.807) is 24.3 Å². The summed E-state index contributed by atoms with van der Waals surface area (Å²) in [5.41, 5.74) is 0. The molecule has 0 amide bonds. The number of rotatable bonds is 3. The standard InChI is InChI=1S/C12H10O3S2/c13-17(14)12-7-3-10(4-8-12)15-9-1-5-11(16)6-2-9/h1-8,16H,(H,13,14)/p-1. The summed E-state index contributed by atoms with van der Waals surface area (Å²) in [6.07, 6.45) is 0. The molecule has 2 rings (SSSR count). The zero-order valence-electron chi connectivity index (χ0n) is 8.70. The highest BCUT2D eigenvalue weighted by Crippen LogP contribution is 2.23. The van der Waals surface area contributed by atoms with Gasteiger partial charge in [0.1, 0.15) is 11.5 Å². The summed E-state index contributed by atoms with van der Waals surface area (Å²) in [6, 6.07) is 13.4. The third-order valence-electron chi connectivity index (χ3n) is 2.09. The minimum Gasteiger partial charge on any atom is -0.768 e. The van der Waals surface area contributed by atoms with Crippen molar-refractivity contribution in [3.8, 4) is 11.5 Å². The van der Waals surface area contributed by atoms with Crippen LogP contribution in [0.3, 0.4) is 0 Å². The van der Waals surface area contributed by atoms with Crippen LogP contribution in [0, 0.1) is 0 Å². The lowest BCUT2D eigenvalue weighted by Crippen LogP contribution is -1.89. The van der Waals surface area contributed by atoms with Gasteiger partial charge in [0.05, 0.1) is 0 Å². The van der Waals surface area contributed by atoms with E-state index in [4.69, 9.17) is 4.74 Å².